The Morgan fingerprint density at radius 2 is 1.95 bits per heavy atom. The first kappa shape index (κ1) is 13.9. The summed E-state index contributed by atoms with van der Waals surface area (Å²) in [6, 6.07) is 8.91. The van der Waals surface area contributed by atoms with E-state index < -0.39 is 11.6 Å². The summed E-state index contributed by atoms with van der Waals surface area (Å²) in [7, 11) is 0. The minimum Gasteiger partial charge on any atom is -0.312 e. The minimum absolute atomic E-state index is 0.0572. The summed E-state index contributed by atoms with van der Waals surface area (Å²) in [5.41, 5.74) is 3.16. The van der Waals surface area contributed by atoms with Crippen molar-refractivity contribution >= 4 is 5.78 Å². The number of carbonyl (C=O) groups excluding carboxylic acids is 1. The van der Waals surface area contributed by atoms with Gasteiger partial charge >= 0.3 is 0 Å². The summed E-state index contributed by atoms with van der Waals surface area (Å²) in [5, 5.41) is 3.26. The monoisotopic (exact) mass is 287 g/mol. The molecule has 3 rings (SSSR count). The minimum atomic E-state index is -0.678. The number of benzene rings is 2. The first-order chi connectivity index (χ1) is 10.1. The van der Waals surface area contributed by atoms with Gasteiger partial charge in [-0.2, -0.15) is 0 Å². The highest BCUT2D eigenvalue weighted by atomic mass is 19.1. The van der Waals surface area contributed by atoms with Crippen LogP contribution in [0.5, 0.6) is 0 Å². The predicted octanol–water partition coefficient (Wildman–Crippen LogP) is 3.04. The molecule has 4 heteroatoms. The van der Waals surface area contributed by atoms with Crippen LogP contribution in [-0.4, -0.2) is 12.3 Å². The molecule has 2 nitrogen and oxygen atoms in total. The summed E-state index contributed by atoms with van der Waals surface area (Å²) in [5.74, 6) is -1.47. The second-order valence-corrected chi connectivity index (χ2v) is 5.25. The lowest BCUT2D eigenvalue weighted by Gasteiger charge is -2.17. The standard InChI is InChI=1S/C17H15F2NO/c18-15-4-3-12(16(19)9-15)8-17(21)13-2-1-11-5-6-20-10-14(11)7-13/h1-4,7,9,20H,5-6,8,10H2. The number of Topliss-reactive ketones (excluding diaryl/α,β-unsaturated/α-hetero) is 1. The lowest BCUT2D eigenvalue weighted by molar-refractivity contribution is 0.0991. The molecule has 1 aliphatic rings. The van der Waals surface area contributed by atoms with Gasteiger partial charge in [-0.1, -0.05) is 18.2 Å². The van der Waals surface area contributed by atoms with Crippen molar-refractivity contribution in [2.45, 2.75) is 19.4 Å². The fourth-order valence-corrected chi connectivity index (χ4v) is 2.59. The van der Waals surface area contributed by atoms with Crippen LogP contribution in [0.4, 0.5) is 8.78 Å². The quantitative estimate of drug-likeness (QED) is 0.879. The van der Waals surface area contributed by atoms with Gasteiger partial charge in [-0.05, 0) is 41.8 Å². The number of fused-ring (bicyclic) bond motifs is 1. The lowest BCUT2D eigenvalue weighted by atomic mass is 9.95. The number of carbonyl (C=O) groups is 1. The summed E-state index contributed by atoms with van der Waals surface area (Å²) in [4.78, 5) is 12.3. The zero-order valence-electron chi connectivity index (χ0n) is 11.5. The number of nitrogens with one attached hydrogen (secondary N) is 1. The second-order valence-electron chi connectivity index (χ2n) is 5.25. The van der Waals surface area contributed by atoms with Gasteiger partial charge < -0.3 is 5.32 Å². The molecule has 0 saturated carbocycles. The van der Waals surface area contributed by atoms with E-state index in [1.807, 2.05) is 12.1 Å². The molecule has 0 bridgehead atoms. The molecule has 21 heavy (non-hydrogen) atoms. The molecule has 1 N–H and O–H groups in total. The maximum atomic E-state index is 13.6. The van der Waals surface area contributed by atoms with Gasteiger partial charge in [0.15, 0.2) is 5.78 Å². The van der Waals surface area contributed by atoms with E-state index in [2.05, 4.69) is 5.32 Å². The predicted molar refractivity (Wildman–Crippen MR) is 76.2 cm³/mol. The van der Waals surface area contributed by atoms with E-state index in [9.17, 15) is 13.6 Å². The molecule has 2 aromatic carbocycles. The number of hydrogen-bond acceptors (Lipinski definition) is 2. The number of rotatable bonds is 3. The van der Waals surface area contributed by atoms with Gasteiger partial charge in [-0.3, -0.25) is 4.79 Å². The number of halogens is 2. The third-order valence-electron chi connectivity index (χ3n) is 3.78. The van der Waals surface area contributed by atoms with E-state index in [1.165, 1.54) is 17.7 Å². The number of ketones is 1. The van der Waals surface area contributed by atoms with Crippen LogP contribution in [0, 0.1) is 11.6 Å². The van der Waals surface area contributed by atoms with Crippen LogP contribution in [0.3, 0.4) is 0 Å². The molecule has 0 radical (unpaired) electrons. The topological polar surface area (TPSA) is 29.1 Å². The van der Waals surface area contributed by atoms with Crippen molar-refractivity contribution in [3.8, 4) is 0 Å². The summed E-state index contributed by atoms with van der Waals surface area (Å²) < 4.78 is 26.5. The van der Waals surface area contributed by atoms with Crippen LogP contribution < -0.4 is 5.32 Å². The average Bonchev–Trinajstić information content (AvgIpc) is 2.49. The molecule has 0 fully saturated rings. The molecule has 0 atom stereocenters. The van der Waals surface area contributed by atoms with Gasteiger partial charge in [0.1, 0.15) is 11.6 Å². The fraction of sp³-hybridized carbons (Fsp3) is 0.235. The maximum Gasteiger partial charge on any atom is 0.167 e. The zero-order valence-corrected chi connectivity index (χ0v) is 11.5. The van der Waals surface area contributed by atoms with E-state index in [0.717, 1.165) is 31.1 Å². The summed E-state index contributed by atoms with van der Waals surface area (Å²) in [6.45, 7) is 1.70. The Morgan fingerprint density at radius 1 is 1.10 bits per heavy atom. The molecule has 0 aromatic heterocycles. The molecule has 0 saturated heterocycles. The van der Waals surface area contributed by atoms with Crippen molar-refractivity contribution in [1.82, 2.24) is 5.32 Å². The Labute approximate surface area is 121 Å². The highest BCUT2D eigenvalue weighted by Crippen LogP contribution is 2.18. The van der Waals surface area contributed by atoms with Crippen molar-refractivity contribution in [3.05, 3.63) is 70.3 Å². The molecule has 0 spiro atoms. The van der Waals surface area contributed by atoms with Crippen molar-refractivity contribution in [3.63, 3.8) is 0 Å². The smallest absolute Gasteiger partial charge is 0.167 e. The van der Waals surface area contributed by atoms with Crippen LogP contribution in [-0.2, 0) is 19.4 Å². The van der Waals surface area contributed by atoms with Crippen molar-refractivity contribution < 1.29 is 13.6 Å². The van der Waals surface area contributed by atoms with E-state index in [0.29, 0.717) is 5.56 Å². The van der Waals surface area contributed by atoms with Crippen LogP contribution in [0.1, 0.15) is 27.0 Å². The summed E-state index contributed by atoms with van der Waals surface area (Å²) in [6.07, 6.45) is 0.898. The van der Waals surface area contributed by atoms with E-state index in [-0.39, 0.29) is 17.8 Å². The third kappa shape index (κ3) is 3.00. The van der Waals surface area contributed by atoms with Gasteiger partial charge in [0.2, 0.25) is 0 Å². The molecule has 108 valence electrons. The Morgan fingerprint density at radius 3 is 2.76 bits per heavy atom. The second kappa shape index (κ2) is 5.74. The molecular weight excluding hydrogens is 272 g/mol. The lowest BCUT2D eigenvalue weighted by Crippen LogP contribution is -2.24. The molecular formula is C17H15F2NO. The Kier molecular flexibility index (Phi) is 3.80. The van der Waals surface area contributed by atoms with Crippen molar-refractivity contribution in [2.24, 2.45) is 0 Å². The highest BCUT2D eigenvalue weighted by Gasteiger charge is 2.14. The molecule has 0 aliphatic carbocycles. The normalized spacial score (nSPS) is 13.8. The molecule has 2 aromatic rings. The molecule has 1 aliphatic heterocycles. The summed E-state index contributed by atoms with van der Waals surface area (Å²) >= 11 is 0. The first-order valence-electron chi connectivity index (χ1n) is 6.93. The highest BCUT2D eigenvalue weighted by molar-refractivity contribution is 5.97. The molecule has 1 heterocycles. The van der Waals surface area contributed by atoms with E-state index >= 15 is 0 Å². The Hall–Kier alpha value is -2.07. The SMILES string of the molecule is O=C(Cc1ccc(F)cc1F)c1ccc2c(c1)CNCC2. The van der Waals surface area contributed by atoms with Crippen molar-refractivity contribution in [2.75, 3.05) is 6.54 Å². The Bertz CT molecular complexity index is 697. The largest absolute Gasteiger partial charge is 0.312 e. The zero-order chi connectivity index (χ0) is 14.8. The molecule has 0 unspecified atom stereocenters. The van der Waals surface area contributed by atoms with Crippen LogP contribution >= 0.6 is 0 Å². The fourth-order valence-electron chi connectivity index (χ4n) is 2.59. The van der Waals surface area contributed by atoms with Crippen LogP contribution in [0.2, 0.25) is 0 Å². The Balaban J connectivity index is 1.82. The van der Waals surface area contributed by atoms with Crippen molar-refractivity contribution in [1.29, 1.82) is 0 Å². The average molecular weight is 287 g/mol. The van der Waals surface area contributed by atoms with Gasteiger partial charge in [0, 0.05) is 24.6 Å². The first-order valence-corrected chi connectivity index (χ1v) is 6.93. The number of hydrogen-bond donors (Lipinski definition) is 1. The van der Waals surface area contributed by atoms with E-state index in [1.54, 1.807) is 6.07 Å². The third-order valence-corrected chi connectivity index (χ3v) is 3.78. The van der Waals surface area contributed by atoms with Gasteiger partial charge in [0.05, 0.1) is 0 Å². The molecule has 0 amide bonds. The maximum absolute atomic E-state index is 13.6. The van der Waals surface area contributed by atoms with Gasteiger partial charge in [0.25, 0.3) is 0 Å². The van der Waals surface area contributed by atoms with Gasteiger partial charge in [-0.25, -0.2) is 8.78 Å². The van der Waals surface area contributed by atoms with Crippen LogP contribution in [0.25, 0.3) is 0 Å². The van der Waals surface area contributed by atoms with Gasteiger partial charge in [-0.15, -0.1) is 0 Å². The van der Waals surface area contributed by atoms with E-state index in [4.69, 9.17) is 0 Å². The van der Waals surface area contributed by atoms with Crippen LogP contribution in [0.15, 0.2) is 36.4 Å².